The number of esters is 1. The van der Waals surface area contributed by atoms with Crippen molar-refractivity contribution in [3.05, 3.63) is 107 Å². The van der Waals surface area contributed by atoms with E-state index in [1.807, 2.05) is 36.4 Å². The van der Waals surface area contributed by atoms with E-state index in [0.717, 1.165) is 47.2 Å². The highest BCUT2D eigenvalue weighted by Gasteiger charge is 2.19. The van der Waals surface area contributed by atoms with Crippen LogP contribution in [0.4, 0.5) is 0 Å². The summed E-state index contributed by atoms with van der Waals surface area (Å²) >= 11 is 0. The average Bonchev–Trinajstić information content (AvgIpc) is 2.85. The van der Waals surface area contributed by atoms with Gasteiger partial charge in [0.2, 0.25) is 0 Å². The molecule has 0 aliphatic rings. The monoisotopic (exact) mass is 494 g/mol. The maximum absolute atomic E-state index is 13.8. The minimum absolute atomic E-state index is 0.262. The summed E-state index contributed by atoms with van der Waals surface area (Å²) in [6.07, 6.45) is 13.3. The highest BCUT2D eigenvalue weighted by Crippen LogP contribution is 2.30. The molecular weight excluding hydrogens is 452 g/mol. The zero-order valence-corrected chi connectivity index (χ0v) is 23.4. The second-order valence-electron chi connectivity index (χ2n) is 10.6. The van der Waals surface area contributed by atoms with Crippen LogP contribution in [0.15, 0.2) is 101 Å². The lowest BCUT2D eigenvalue weighted by Gasteiger charge is -2.17. The van der Waals surface area contributed by atoms with Gasteiger partial charge in [0.25, 0.3) is 0 Å². The third kappa shape index (κ3) is 8.60. The van der Waals surface area contributed by atoms with Gasteiger partial charge in [-0.3, -0.25) is 0 Å². The topological polar surface area (TPSA) is 26.3 Å². The minimum Gasteiger partial charge on any atom is -0.454 e. The van der Waals surface area contributed by atoms with E-state index in [1.54, 1.807) is 0 Å². The Balaban J connectivity index is 1.91. The molecule has 0 saturated heterocycles. The van der Waals surface area contributed by atoms with Gasteiger partial charge in [0.1, 0.15) is 6.10 Å². The first-order chi connectivity index (χ1) is 17.7. The molecule has 194 valence electrons. The molecule has 0 saturated carbocycles. The fourth-order valence-electron chi connectivity index (χ4n) is 4.58. The quantitative estimate of drug-likeness (QED) is 0.150. The van der Waals surface area contributed by atoms with Crippen molar-refractivity contribution in [3.63, 3.8) is 0 Å². The fourth-order valence-corrected chi connectivity index (χ4v) is 4.58. The molecule has 2 heteroatoms. The van der Waals surface area contributed by atoms with Gasteiger partial charge in [-0.15, -0.1) is 0 Å². The van der Waals surface area contributed by atoms with E-state index in [0.29, 0.717) is 12.0 Å². The Morgan fingerprint density at radius 2 is 1.24 bits per heavy atom. The lowest BCUT2D eigenvalue weighted by atomic mass is 9.97. The molecule has 0 fully saturated rings. The van der Waals surface area contributed by atoms with E-state index in [1.165, 1.54) is 22.3 Å². The number of hydrogen-bond acceptors (Lipinski definition) is 2. The van der Waals surface area contributed by atoms with Crippen LogP contribution in [0, 0.1) is 0 Å². The van der Waals surface area contributed by atoms with Crippen molar-refractivity contribution < 1.29 is 9.53 Å². The first-order valence-corrected chi connectivity index (χ1v) is 13.5. The molecule has 0 aliphatic heterocycles. The van der Waals surface area contributed by atoms with Gasteiger partial charge in [-0.05, 0) is 101 Å². The largest absolute Gasteiger partial charge is 0.454 e. The Morgan fingerprint density at radius 1 is 0.730 bits per heavy atom. The Kier molecular flexibility index (Phi) is 10.5. The van der Waals surface area contributed by atoms with Gasteiger partial charge in [-0.2, -0.15) is 0 Å². The van der Waals surface area contributed by atoms with Crippen LogP contribution < -0.4 is 0 Å². The van der Waals surface area contributed by atoms with Crippen LogP contribution in [0.1, 0.15) is 84.0 Å². The maximum atomic E-state index is 13.8. The lowest BCUT2D eigenvalue weighted by molar-refractivity contribution is 0.0402. The van der Waals surface area contributed by atoms with Crippen LogP contribution in [-0.4, -0.2) is 12.1 Å². The molecule has 2 nitrogen and oxygen atoms in total. The average molecular weight is 495 g/mol. The number of carbonyl (C=O) groups is 1. The van der Waals surface area contributed by atoms with E-state index in [2.05, 4.69) is 84.0 Å². The second kappa shape index (κ2) is 13.8. The summed E-state index contributed by atoms with van der Waals surface area (Å²) in [7, 11) is 0. The van der Waals surface area contributed by atoms with Crippen molar-refractivity contribution in [2.75, 3.05) is 0 Å². The molecule has 0 aliphatic carbocycles. The van der Waals surface area contributed by atoms with Crippen LogP contribution in [-0.2, 0) is 4.74 Å². The van der Waals surface area contributed by atoms with Crippen LogP contribution >= 0.6 is 0 Å². The molecular formula is C35H42O2. The lowest BCUT2D eigenvalue weighted by Crippen LogP contribution is -2.17. The molecule has 0 aromatic heterocycles. The predicted molar refractivity (Wildman–Crippen MR) is 160 cm³/mol. The first-order valence-electron chi connectivity index (χ1n) is 13.5. The Morgan fingerprint density at radius 3 is 1.78 bits per heavy atom. The van der Waals surface area contributed by atoms with Gasteiger partial charge in [0.15, 0.2) is 0 Å². The van der Waals surface area contributed by atoms with E-state index in [4.69, 9.17) is 4.74 Å². The van der Waals surface area contributed by atoms with Crippen molar-refractivity contribution in [3.8, 4) is 0 Å². The second-order valence-corrected chi connectivity index (χ2v) is 10.6. The van der Waals surface area contributed by atoms with Crippen molar-refractivity contribution in [1.82, 2.24) is 0 Å². The number of carbonyl (C=O) groups excluding carboxylic acids is 1. The predicted octanol–water partition coefficient (Wildman–Crippen LogP) is 10.3. The molecule has 0 heterocycles. The molecule has 37 heavy (non-hydrogen) atoms. The third-order valence-corrected chi connectivity index (χ3v) is 6.59. The summed E-state index contributed by atoms with van der Waals surface area (Å²) in [6, 6.07) is 18.3. The van der Waals surface area contributed by atoms with Gasteiger partial charge in [-0.1, -0.05) is 89.1 Å². The van der Waals surface area contributed by atoms with E-state index in [9.17, 15) is 4.79 Å². The summed E-state index contributed by atoms with van der Waals surface area (Å²) in [6.45, 7) is 12.8. The summed E-state index contributed by atoms with van der Waals surface area (Å²) in [4.78, 5) is 13.8. The number of rotatable bonds is 11. The fraction of sp³-hybridized carbons (Fsp3) is 0.343. The van der Waals surface area contributed by atoms with E-state index < -0.39 is 0 Å². The molecule has 1 atom stereocenters. The first kappa shape index (κ1) is 28.2. The Bertz CT molecular complexity index is 1290. The van der Waals surface area contributed by atoms with Gasteiger partial charge in [-0.25, -0.2) is 4.79 Å². The summed E-state index contributed by atoms with van der Waals surface area (Å²) in [5, 5.41) is 3.96. The van der Waals surface area contributed by atoms with Crippen molar-refractivity contribution in [2.24, 2.45) is 0 Å². The van der Waals surface area contributed by atoms with Gasteiger partial charge < -0.3 is 4.74 Å². The maximum Gasteiger partial charge on any atom is 0.339 e. The molecule has 0 bridgehead atoms. The SMILES string of the molecule is CC(C)=CCC/C(C)=C/CC(/C=C(\C)CCC=C(C)C)OC(=O)c1c2ccccc2cc2ccccc12. The third-order valence-electron chi connectivity index (χ3n) is 6.59. The molecule has 3 aromatic carbocycles. The van der Waals surface area contributed by atoms with Crippen molar-refractivity contribution >= 4 is 27.5 Å². The standard InChI is InChI=1S/C35H42O2/c1-25(2)13-11-15-27(5)21-22-31(23-28(6)16-12-14-26(3)4)37-35(36)34-32-19-9-7-17-29(32)24-30-18-8-10-20-33(30)34/h7-10,13-14,17-21,23-24,31H,11-12,15-16,22H2,1-6H3/b27-21+,28-23+. The Hall–Kier alpha value is -3.39. The number of ether oxygens (including phenoxy) is 1. The van der Waals surface area contributed by atoms with E-state index in [-0.39, 0.29) is 12.1 Å². The zero-order valence-electron chi connectivity index (χ0n) is 23.4. The number of allylic oxidation sites excluding steroid dienone is 6. The van der Waals surface area contributed by atoms with Gasteiger partial charge in [0.05, 0.1) is 5.56 Å². The summed E-state index contributed by atoms with van der Waals surface area (Å²) in [5.41, 5.74) is 5.89. The minimum atomic E-state index is -0.310. The molecule has 0 N–H and O–H groups in total. The normalized spacial score (nSPS) is 12.9. The van der Waals surface area contributed by atoms with Gasteiger partial charge >= 0.3 is 5.97 Å². The molecule has 1 unspecified atom stereocenters. The summed E-state index contributed by atoms with van der Waals surface area (Å²) in [5.74, 6) is -0.262. The zero-order chi connectivity index (χ0) is 26.8. The van der Waals surface area contributed by atoms with Crippen molar-refractivity contribution in [1.29, 1.82) is 0 Å². The summed E-state index contributed by atoms with van der Waals surface area (Å²) < 4.78 is 6.26. The number of fused-ring (bicyclic) bond motifs is 2. The molecule has 0 spiro atoms. The Labute approximate surface area is 223 Å². The van der Waals surface area contributed by atoms with Gasteiger partial charge in [0, 0.05) is 6.42 Å². The van der Waals surface area contributed by atoms with Crippen LogP contribution in [0.5, 0.6) is 0 Å². The van der Waals surface area contributed by atoms with Crippen LogP contribution in [0.3, 0.4) is 0 Å². The molecule has 3 rings (SSSR count). The number of hydrogen-bond donors (Lipinski definition) is 0. The van der Waals surface area contributed by atoms with Crippen LogP contribution in [0.25, 0.3) is 21.5 Å². The highest BCUT2D eigenvalue weighted by molar-refractivity contribution is 6.16. The highest BCUT2D eigenvalue weighted by atomic mass is 16.5. The van der Waals surface area contributed by atoms with E-state index >= 15 is 0 Å². The van der Waals surface area contributed by atoms with Crippen LogP contribution in [0.2, 0.25) is 0 Å². The number of benzene rings is 3. The smallest absolute Gasteiger partial charge is 0.339 e. The molecule has 3 aromatic rings. The molecule has 0 amide bonds. The van der Waals surface area contributed by atoms with Crippen molar-refractivity contribution in [2.45, 2.75) is 79.8 Å². The molecule has 0 radical (unpaired) electrons.